The number of unbranched alkanes of at least 4 members (excludes halogenated alkanes) is 1. The van der Waals surface area contributed by atoms with Crippen LogP contribution in [0.2, 0.25) is 0 Å². The smallest absolute Gasteiger partial charge is 0.119 e. The summed E-state index contributed by atoms with van der Waals surface area (Å²) in [4.78, 5) is 0. The molecule has 0 aliphatic carbocycles. The first kappa shape index (κ1) is 12.0. The van der Waals surface area contributed by atoms with Gasteiger partial charge in [0, 0.05) is 5.92 Å². The highest BCUT2D eigenvalue weighted by molar-refractivity contribution is 5.31. The zero-order valence-corrected chi connectivity index (χ0v) is 9.21. The molecule has 0 bridgehead atoms. The van der Waals surface area contributed by atoms with Crippen molar-refractivity contribution in [3.8, 4) is 5.75 Å². The lowest BCUT2D eigenvalue weighted by Gasteiger charge is -2.10. The van der Waals surface area contributed by atoms with E-state index in [4.69, 9.17) is 4.74 Å². The van der Waals surface area contributed by atoms with Gasteiger partial charge in [-0.3, -0.25) is 4.39 Å². The normalized spacial score (nSPS) is 12.5. The van der Waals surface area contributed by atoms with Gasteiger partial charge in [0.05, 0.1) is 13.3 Å². The van der Waals surface area contributed by atoms with Crippen LogP contribution >= 0.6 is 0 Å². The topological polar surface area (TPSA) is 9.23 Å². The third-order valence-corrected chi connectivity index (χ3v) is 2.28. The Kier molecular flexibility index (Phi) is 5.16. The molecular formula is C13H18FO. The lowest BCUT2D eigenvalue weighted by atomic mass is 10.0. The number of halogens is 1. The van der Waals surface area contributed by atoms with Gasteiger partial charge in [-0.1, -0.05) is 25.5 Å². The highest BCUT2D eigenvalue weighted by Crippen LogP contribution is 2.20. The molecule has 0 saturated carbocycles. The average Bonchev–Trinajstić information content (AvgIpc) is 2.29. The molecule has 0 amide bonds. The zero-order chi connectivity index (χ0) is 11.1. The van der Waals surface area contributed by atoms with Crippen molar-refractivity contribution in [3.63, 3.8) is 0 Å². The minimum absolute atomic E-state index is 0.292. The highest BCUT2D eigenvalue weighted by Gasteiger charge is 2.05. The molecule has 0 aromatic heterocycles. The molecule has 2 heteroatoms. The fraction of sp³-hybridized carbons (Fsp3) is 0.462. The summed E-state index contributed by atoms with van der Waals surface area (Å²) in [5.74, 6) is 0.516. The molecular weight excluding hydrogens is 191 g/mol. The van der Waals surface area contributed by atoms with Gasteiger partial charge in [-0.15, -0.1) is 0 Å². The Hall–Kier alpha value is -1.05. The van der Waals surface area contributed by atoms with Crippen molar-refractivity contribution < 1.29 is 9.13 Å². The van der Waals surface area contributed by atoms with Crippen LogP contribution in [0.4, 0.5) is 4.39 Å². The van der Waals surface area contributed by atoms with Crippen molar-refractivity contribution in [1.29, 1.82) is 0 Å². The van der Waals surface area contributed by atoms with Crippen LogP contribution in [0.3, 0.4) is 0 Å². The van der Waals surface area contributed by atoms with E-state index < -0.39 is 6.67 Å². The molecule has 15 heavy (non-hydrogen) atoms. The number of ether oxygens (including phenoxy) is 1. The fourth-order valence-electron chi connectivity index (χ4n) is 1.28. The van der Waals surface area contributed by atoms with E-state index in [9.17, 15) is 4.39 Å². The van der Waals surface area contributed by atoms with Crippen LogP contribution < -0.4 is 4.74 Å². The maximum atomic E-state index is 12.4. The fourth-order valence-corrected chi connectivity index (χ4v) is 1.28. The number of hydrogen-bond donors (Lipinski definition) is 0. The van der Waals surface area contributed by atoms with E-state index in [-0.39, 0.29) is 5.92 Å². The first-order valence-electron chi connectivity index (χ1n) is 5.39. The Bertz CT molecular complexity index is 286. The Morgan fingerprint density at radius 1 is 1.47 bits per heavy atom. The number of hydrogen-bond acceptors (Lipinski definition) is 1. The van der Waals surface area contributed by atoms with E-state index in [1.807, 2.05) is 24.3 Å². The minimum Gasteiger partial charge on any atom is -0.494 e. The highest BCUT2D eigenvalue weighted by atomic mass is 19.1. The second kappa shape index (κ2) is 6.44. The molecule has 0 saturated heterocycles. The Morgan fingerprint density at radius 2 is 2.27 bits per heavy atom. The van der Waals surface area contributed by atoms with Gasteiger partial charge < -0.3 is 4.74 Å². The van der Waals surface area contributed by atoms with E-state index in [0.29, 0.717) is 0 Å². The summed E-state index contributed by atoms with van der Waals surface area (Å²) in [6.07, 6.45) is 2.16. The predicted molar refractivity (Wildman–Crippen MR) is 60.9 cm³/mol. The second-order valence-electron chi connectivity index (χ2n) is 3.63. The van der Waals surface area contributed by atoms with Gasteiger partial charge in [0.1, 0.15) is 5.75 Å². The number of rotatable bonds is 6. The molecule has 0 aliphatic heterocycles. The first-order chi connectivity index (χ1) is 7.27. The third-order valence-electron chi connectivity index (χ3n) is 2.28. The minimum atomic E-state index is -0.432. The summed E-state index contributed by atoms with van der Waals surface area (Å²) in [6, 6.07) is 7.52. The molecule has 1 nitrogen and oxygen atoms in total. The van der Waals surface area contributed by atoms with Crippen molar-refractivity contribution in [3.05, 3.63) is 36.8 Å². The van der Waals surface area contributed by atoms with Crippen LogP contribution in [-0.4, -0.2) is 13.3 Å². The van der Waals surface area contributed by atoms with Gasteiger partial charge in [-0.25, -0.2) is 0 Å². The quantitative estimate of drug-likeness (QED) is 0.648. The Labute approximate surface area is 91.3 Å². The molecule has 1 radical (unpaired) electrons. The van der Waals surface area contributed by atoms with E-state index in [0.717, 1.165) is 30.8 Å². The molecule has 0 spiro atoms. The molecule has 0 N–H and O–H groups in total. The van der Waals surface area contributed by atoms with Gasteiger partial charge in [0.15, 0.2) is 0 Å². The third kappa shape index (κ3) is 3.90. The lowest BCUT2D eigenvalue weighted by Crippen LogP contribution is -1.99. The molecule has 83 valence electrons. The molecule has 0 aliphatic rings. The monoisotopic (exact) mass is 209 g/mol. The summed E-state index contributed by atoms with van der Waals surface area (Å²) < 4.78 is 17.9. The second-order valence-corrected chi connectivity index (χ2v) is 3.63. The molecule has 1 unspecified atom stereocenters. The maximum Gasteiger partial charge on any atom is 0.119 e. The molecule has 1 aromatic carbocycles. The first-order valence-corrected chi connectivity index (χ1v) is 5.39. The standard InChI is InChI=1S/C13H18FO/c1-3-4-8-15-13-7-5-6-12(9-13)11(2)10-14/h5-7,9,11H,2-4,8,10H2,1H3. The van der Waals surface area contributed by atoms with Gasteiger partial charge in [0.25, 0.3) is 0 Å². The van der Waals surface area contributed by atoms with Crippen LogP contribution in [0.1, 0.15) is 31.2 Å². The van der Waals surface area contributed by atoms with Crippen molar-refractivity contribution in [2.45, 2.75) is 25.7 Å². The summed E-state index contributed by atoms with van der Waals surface area (Å²) in [6.45, 7) is 6.14. The predicted octanol–water partition coefficient (Wildman–Crippen LogP) is 3.75. The SMILES string of the molecule is [CH2]C(CF)c1cccc(OCCCC)c1. The van der Waals surface area contributed by atoms with Crippen molar-refractivity contribution in [2.75, 3.05) is 13.3 Å². The van der Waals surface area contributed by atoms with Crippen molar-refractivity contribution in [1.82, 2.24) is 0 Å². The lowest BCUT2D eigenvalue weighted by molar-refractivity contribution is 0.309. The average molecular weight is 209 g/mol. The van der Waals surface area contributed by atoms with Gasteiger partial charge in [-0.2, -0.15) is 0 Å². The van der Waals surface area contributed by atoms with E-state index in [1.54, 1.807) is 0 Å². The summed E-state index contributed by atoms with van der Waals surface area (Å²) in [7, 11) is 0. The van der Waals surface area contributed by atoms with E-state index >= 15 is 0 Å². The van der Waals surface area contributed by atoms with E-state index in [1.165, 1.54) is 0 Å². The Balaban J connectivity index is 2.57. The van der Waals surface area contributed by atoms with Crippen molar-refractivity contribution >= 4 is 0 Å². The van der Waals surface area contributed by atoms with E-state index in [2.05, 4.69) is 13.8 Å². The van der Waals surface area contributed by atoms with Crippen LogP contribution in [0.15, 0.2) is 24.3 Å². The number of alkyl halides is 1. The van der Waals surface area contributed by atoms with Crippen LogP contribution in [0, 0.1) is 6.92 Å². The van der Waals surface area contributed by atoms with Gasteiger partial charge in [-0.05, 0) is 31.0 Å². The maximum absolute atomic E-state index is 12.4. The van der Waals surface area contributed by atoms with Crippen molar-refractivity contribution in [2.24, 2.45) is 0 Å². The molecule has 0 fully saturated rings. The largest absolute Gasteiger partial charge is 0.494 e. The summed E-state index contributed by atoms with van der Waals surface area (Å²) in [5.41, 5.74) is 0.895. The van der Waals surface area contributed by atoms with Gasteiger partial charge in [0.2, 0.25) is 0 Å². The van der Waals surface area contributed by atoms with Crippen LogP contribution in [0.25, 0.3) is 0 Å². The molecule has 1 aromatic rings. The summed E-state index contributed by atoms with van der Waals surface area (Å²) in [5, 5.41) is 0. The van der Waals surface area contributed by atoms with Crippen LogP contribution in [0.5, 0.6) is 5.75 Å². The summed E-state index contributed by atoms with van der Waals surface area (Å²) >= 11 is 0. The van der Waals surface area contributed by atoms with Crippen LogP contribution in [-0.2, 0) is 0 Å². The zero-order valence-electron chi connectivity index (χ0n) is 9.21. The van der Waals surface area contributed by atoms with Gasteiger partial charge >= 0.3 is 0 Å². The number of benzene rings is 1. The Morgan fingerprint density at radius 3 is 2.93 bits per heavy atom. The molecule has 1 atom stereocenters. The molecule has 1 rings (SSSR count). The molecule has 0 heterocycles.